The fourth-order valence-corrected chi connectivity index (χ4v) is 9.56. The summed E-state index contributed by atoms with van der Waals surface area (Å²) in [5, 5.41) is 0. The lowest BCUT2D eigenvalue weighted by Crippen LogP contribution is -2.11. The minimum atomic E-state index is -0.681. The van der Waals surface area contributed by atoms with Gasteiger partial charge in [-0.3, -0.25) is 0 Å². The molecule has 0 unspecified atom stereocenters. The fraction of sp³-hybridized carbons (Fsp3) is 0.373. The molecule has 0 amide bonds. The van der Waals surface area contributed by atoms with E-state index in [0.717, 1.165) is 57.1 Å². The second-order valence-electron chi connectivity index (χ2n) is 22.0. The Balaban J connectivity index is 0.716. The zero-order chi connectivity index (χ0) is 62.5. The quantitative estimate of drug-likeness (QED) is 0.0202. The van der Waals surface area contributed by atoms with E-state index in [1.165, 1.54) is 144 Å². The first-order chi connectivity index (χ1) is 43.6. The van der Waals surface area contributed by atoms with Crippen LogP contribution < -0.4 is 42.6 Å². The second-order valence-corrected chi connectivity index (χ2v) is 22.0. The monoisotopic (exact) mass is 1210 g/mol. The molecule has 7 aromatic carbocycles. The van der Waals surface area contributed by atoms with E-state index >= 15 is 0 Å². The van der Waals surface area contributed by atoms with Gasteiger partial charge in [0.15, 0.2) is 0 Å². The molecule has 0 radical (unpaired) electrons. The third kappa shape index (κ3) is 25.4. The molecule has 0 atom stereocenters. The molecule has 14 heteroatoms. The average Bonchev–Trinajstić information content (AvgIpc) is 3.76. The van der Waals surface area contributed by atoms with E-state index in [-0.39, 0.29) is 34.1 Å². The van der Waals surface area contributed by atoms with E-state index in [9.17, 15) is 24.0 Å². The topological polar surface area (TPSA) is 168 Å². The number of carbonyl (C=O) groups excluding carboxylic acids is 5. The van der Waals surface area contributed by atoms with Crippen LogP contribution in [0.4, 0.5) is 0 Å². The Bertz CT molecular complexity index is 3190. The van der Waals surface area contributed by atoms with Gasteiger partial charge in [0.05, 0.1) is 54.2 Å². The highest BCUT2D eigenvalue weighted by molar-refractivity contribution is 5.94. The third-order valence-electron chi connectivity index (χ3n) is 14.7. The molecule has 89 heavy (non-hydrogen) atoms. The van der Waals surface area contributed by atoms with Gasteiger partial charge >= 0.3 is 29.8 Å². The Morgan fingerprint density at radius 3 is 0.674 bits per heavy atom. The molecule has 0 saturated carbocycles. The first-order valence-electron chi connectivity index (χ1n) is 31.9. The summed E-state index contributed by atoms with van der Waals surface area (Å²) in [6.45, 7) is 6.80. The van der Waals surface area contributed by atoms with Crippen molar-refractivity contribution < 1.29 is 66.6 Å². The van der Waals surface area contributed by atoms with Crippen molar-refractivity contribution in [1.82, 2.24) is 0 Å². The number of hydrogen-bond donors (Lipinski definition) is 0. The van der Waals surface area contributed by atoms with Crippen LogP contribution in [-0.4, -0.2) is 56.3 Å². The van der Waals surface area contributed by atoms with Gasteiger partial charge in [0.1, 0.15) is 51.7 Å². The largest absolute Gasteiger partial charge is 0.494 e. The number of rotatable bonds is 41. The van der Waals surface area contributed by atoms with Crippen molar-refractivity contribution in [2.24, 2.45) is 0 Å². The molecule has 470 valence electrons. The molecule has 0 aliphatic heterocycles. The summed E-state index contributed by atoms with van der Waals surface area (Å²) in [5.41, 5.74) is 1.53. The van der Waals surface area contributed by atoms with Gasteiger partial charge in [-0.2, -0.15) is 0 Å². The molecule has 0 fully saturated rings. The number of esters is 5. The maximum absolute atomic E-state index is 13.1. The fourth-order valence-electron chi connectivity index (χ4n) is 9.56. The summed E-state index contributed by atoms with van der Waals surface area (Å²) in [7, 11) is 0. The Morgan fingerprint density at radius 2 is 0.416 bits per heavy atom. The molecule has 7 aromatic rings. The smallest absolute Gasteiger partial charge is 0.343 e. The Morgan fingerprint density at radius 1 is 0.225 bits per heavy atom. The van der Waals surface area contributed by atoms with Crippen molar-refractivity contribution >= 4 is 29.8 Å². The first kappa shape index (κ1) is 67.6. The van der Waals surface area contributed by atoms with Crippen LogP contribution in [0.25, 0.3) is 0 Å². The Hall–Kier alpha value is -8.91. The molecule has 0 heterocycles. The van der Waals surface area contributed by atoms with Crippen molar-refractivity contribution in [3.05, 3.63) is 198 Å². The molecule has 7 rings (SSSR count). The Kier molecular flexibility index (Phi) is 29.7. The standard InChI is InChI=1S/C75H86O14/c1-3-5-7-9-10-11-12-13-14-15-16-17-18-22-53-82-63-40-28-57(29-41-63)71(76)85-66-44-34-60(35-45-66)74(79)88-69-26-25-27-70(56-69)89-75(80)61-36-46-67(47-37-61)86-72(77)58-30-42-64(43-31-58)83-54-23-19-20-24-55-84-65-48-50-68(51-49-65)87-73(78)59-32-38-62(39-33-59)81-52-21-8-6-4-2/h25-51,56H,3-24,52-55H2,1-2H3. The molecule has 0 aliphatic rings. The molecule has 0 bridgehead atoms. The number of benzene rings is 7. The molecule has 0 spiro atoms. The van der Waals surface area contributed by atoms with Gasteiger partial charge in [0.25, 0.3) is 0 Å². The lowest BCUT2D eigenvalue weighted by Gasteiger charge is -2.10. The summed E-state index contributed by atoms with van der Waals surface area (Å²) in [5.74, 6) is 1.02. The molecule has 0 aromatic heterocycles. The van der Waals surface area contributed by atoms with Crippen LogP contribution >= 0.6 is 0 Å². The van der Waals surface area contributed by atoms with Crippen LogP contribution in [0.1, 0.15) is 207 Å². The minimum absolute atomic E-state index is 0.136. The molecule has 0 aliphatic carbocycles. The molecule has 0 N–H and O–H groups in total. The number of hydrogen-bond acceptors (Lipinski definition) is 14. The van der Waals surface area contributed by atoms with E-state index in [2.05, 4.69) is 13.8 Å². The lowest BCUT2D eigenvalue weighted by atomic mass is 10.0. The van der Waals surface area contributed by atoms with Crippen molar-refractivity contribution in [3.8, 4) is 51.7 Å². The lowest BCUT2D eigenvalue weighted by molar-refractivity contribution is 0.0720. The summed E-state index contributed by atoms with van der Waals surface area (Å²) >= 11 is 0. The average molecular weight is 1210 g/mol. The normalized spacial score (nSPS) is 10.9. The Labute approximate surface area is 525 Å². The summed E-state index contributed by atoms with van der Waals surface area (Å²) in [6.07, 6.45) is 26.4. The second kappa shape index (κ2) is 39.1. The van der Waals surface area contributed by atoms with Gasteiger partial charge in [-0.1, -0.05) is 123 Å². The van der Waals surface area contributed by atoms with Crippen molar-refractivity contribution in [1.29, 1.82) is 0 Å². The zero-order valence-electron chi connectivity index (χ0n) is 51.8. The number of carbonyl (C=O) groups is 5. The van der Waals surface area contributed by atoms with Crippen molar-refractivity contribution in [2.75, 3.05) is 26.4 Å². The van der Waals surface area contributed by atoms with E-state index in [1.54, 1.807) is 115 Å². The zero-order valence-corrected chi connectivity index (χ0v) is 51.8. The highest BCUT2D eigenvalue weighted by Crippen LogP contribution is 2.26. The van der Waals surface area contributed by atoms with Gasteiger partial charge in [-0.25, -0.2) is 24.0 Å². The van der Waals surface area contributed by atoms with Gasteiger partial charge in [0, 0.05) is 6.07 Å². The third-order valence-corrected chi connectivity index (χ3v) is 14.7. The van der Waals surface area contributed by atoms with Crippen molar-refractivity contribution in [3.63, 3.8) is 0 Å². The van der Waals surface area contributed by atoms with Gasteiger partial charge in [0.2, 0.25) is 0 Å². The van der Waals surface area contributed by atoms with Gasteiger partial charge in [-0.05, 0) is 196 Å². The summed E-state index contributed by atoms with van der Waals surface area (Å²) in [4.78, 5) is 64.7. The highest BCUT2D eigenvalue weighted by Gasteiger charge is 2.17. The van der Waals surface area contributed by atoms with Gasteiger partial charge < -0.3 is 42.6 Å². The summed E-state index contributed by atoms with van der Waals surface area (Å²) < 4.78 is 51.2. The van der Waals surface area contributed by atoms with Crippen molar-refractivity contribution in [2.45, 2.75) is 155 Å². The predicted octanol–water partition coefficient (Wildman–Crippen LogP) is 18.6. The predicted molar refractivity (Wildman–Crippen MR) is 345 cm³/mol. The number of unbranched alkanes of at least 4 members (excludes halogenated alkanes) is 19. The van der Waals surface area contributed by atoms with E-state index in [1.807, 2.05) is 0 Å². The van der Waals surface area contributed by atoms with E-state index in [0.29, 0.717) is 66.1 Å². The summed E-state index contributed by atoms with van der Waals surface area (Å²) in [6, 6.07) is 45.5. The van der Waals surface area contributed by atoms with Gasteiger partial charge in [-0.15, -0.1) is 0 Å². The molecular formula is C75H86O14. The maximum Gasteiger partial charge on any atom is 0.343 e. The molecular weight excluding hydrogens is 1120 g/mol. The van der Waals surface area contributed by atoms with Crippen LogP contribution in [0.3, 0.4) is 0 Å². The van der Waals surface area contributed by atoms with E-state index < -0.39 is 29.8 Å². The highest BCUT2D eigenvalue weighted by atomic mass is 16.6. The molecule has 14 nitrogen and oxygen atoms in total. The minimum Gasteiger partial charge on any atom is -0.494 e. The van der Waals surface area contributed by atoms with Crippen LogP contribution in [-0.2, 0) is 0 Å². The SMILES string of the molecule is CCCCCCCCCCCCCCCCOc1ccc(C(=O)Oc2ccc(C(=O)Oc3cccc(OC(=O)c4ccc(OC(=O)c5ccc(OCCCCCCOc6ccc(OC(=O)c7ccc(OCCCCCC)cc7)cc6)cc5)cc4)c3)cc2)cc1. The molecule has 0 saturated heterocycles. The van der Waals surface area contributed by atoms with Crippen LogP contribution in [0.5, 0.6) is 51.7 Å². The van der Waals surface area contributed by atoms with E-state index in [4.69, 9.17) is 42.6 Å². The number of ether oxygens (including phenoxy) is 9. The van der Waals surface area contributed by atoms with Crippen LogP contribution in [0.2, 0.25) is 0 Å². The van der Waals surface area contributed by atoms with Crippen LogP contribution in [0, 0.1) is 0 Å². The maximum atomic E-state index is 13.1. The van der Waals surface area contributed by atoms with Crippen LogP contribution in [0.15, 0.2) is 170 Å². The first-order valence-corrected chi connectivity index (χ1v) is 31.9.